The molecule has 2 rings (SSSR count). The molecular weight excluding hydrogens is 252 g/mol. The Labute approximate surface area is 111 Å². The van der Waals surface area contributed by atoms with Crippen LogP contribution in [0.15, 0.2) is 12.3 Å². The van der Waals surface area contributed by atoms with Crippen LogP contribution in [0.5, 0.6) is 0 Å². The molecule has 2 heterocycles. The first-order valence-electron chi connectivity index (χ1n) is 6.30. The summed E-state index contributed by atoms with van der Waals surface area (Å²) in [6, 6.07) is 1.19. The second-order valence-corrected chi connectivity index (χ2v) is 4.93. The van der Waals surface area contributed by atoms with Crippen molar-refractivity contribution < 1.29 is 13.6 Å². The number of nitrogens with zero attached hydrogens (tertiary/aromatic N) is 3. The molecule has 1 aliphatic rings. The molecule has 1 unspecified atom stereocenters. The Bertz CT molecular complexity index is 481. The Morgan fingerprint density at radius 1 is 1.42 bits per heavy atom. The van der Waals surface area contributed by atoms with Crippen molar-refractivity contribution in [3.05, 3.63) is 29.6 Å². The topological polar surface area (TPSA) is 36.4 Å². The molecule has 1 atom stereocenters. The van der Waals surface area contributed by atoms with E-state index in [1.807, 2.05) is 14.0 Å². The summed E-state index contributed by atoms with van der Waals surface area (Å²) >= 11 is 0. The highest BCUT2D eigenvalue weighted by molar-refractivity contribution is 5.94. The van der Waals surface area contributed by atoms with Gasteiger partial charge in [0.05, 0.1) is 5.56 Å². The van der Waals surface area contributed by atoms with Crippen molar-refractivity contribution >= 4 is 5.91 Å². The van der Waals surface area contributed by atoms with E-state index < -0.39 is 17.7 Å². The summed E-state index contributed by atoms with van der Waals surface area (Å²) in [5, 5.41) is 0. The predicted molar refractivity (Wildman–Crippen MR) is 66.8 cm³/mol. The minimum atomic E-state index is -1.23. The minimum absolute atomic E-state index is 0.0318. The van der Waals surface area contributed by atoms with E-state index >= 15 is 0 Å². The molecule has 1 aromatic rings. The summed E-state index contributed by atoms with van der Waals surface area (Å²) in [7, 11) is 1.98. The number of hydrogen-bond acceptors (Lipinski definition) is 3. The van der Waals surface area contributed by atoms with Gasteiger partial charge in [-0.05, 0) is 33.0 Å². The number of hydrogen-bond donors (Lipinski definition) is 0. The van der Waals surface area contributed by atoms with Gasteiger partial charge in [-0.25, -0.2) is 9.37 Å². The number of halogens is 2. The fraction of sp³-hybridized carbons (Fsp3) is 0.538. The molecule has 19 heavy (non-hydrogen) atoms. The van der Waals surface area contributed by atoms with Crippen LogP contribution in [-0.4, -0.2) is 53.4 Å². The van der Waals surface area contributed by atoms with Crippen molar-refractivity contribution in [3.8, 4) is 0 Å². The molecule has 1 aromatic heterocycles. The first-order chi connectivity index (χ1) is 9.00. The van der Waals surface area contributed by atoms with Gasteiger partial charge in [-0.2, -0.15) is 4.39 Å². The molecule has 1 amide bonds. The molecule has 0 spiro atoms. The third-order valence-corrected chi connectivity index (χ3v) is 3.38. The zero-order chi connectivity index (χ0) is 14.0. The number of pyridine rings is 1. The monoisotopic (exact) mass is 269 g/mol. The van der Waals surface area contributed by atoms with Crippen molar-refractivity contribution in [3.63, 3.8) is 0 Å². The van der Waals surface area contributed by atoms with E-state index in [4.69, 9.17) is 0 Å². The maximum Gasteiger partial charge on any atom is 0.257 e. The van der Waals surface area contributed by atoms with E-state index in [9.17, 15) is 13.6 Å². The molecule has 0 radical (unpaired) electrons. The first kappa shape index (κ1) is 13.9. The van der Waals surface area contributed by atoms with Crippen molar-refractivity contribution in [2.75, 3.05) is 26.7 Å². The standard InChI is InChI=1S/C13H17F2N3O/c1-9-8-17(2)6-3-7-18(9)13(19)10-4-5-16-12(15)11(10)14/h4-5,9H,3,6-8H2,1-2H3. The van der Waals surface area contributed by atoms with Crippen LogP contribution >= 0.6 is 0 Å². The summed E-state index contributed by atoms with van der Waals surface area (Å²) in [6.45, 7) is 4.07. The molecule has 104 valence electrons. The molecule has 0 saturated carbocycles. The Hall–Kier alpha value is -1.56. The molecule has 0 N–H and O–H groups in total. The fourth-order valence-electron chi connectivity index (χ4n) is 2.41. The molecule has 1 fully saturated rings. The highest BCUT2D eigenvalue weighted by Crippen LogP contribution is 2.16. The summed E-state index contributed by atoms with van der Waals surface area (Å²) in [6.07, 6.45) is 1.93. The second kappa shape index (κ2) is 5.61. The lowest BCUT2D eigenvalue weighted by molar-refractivity contribution is 0.0690. The Kier molecular flexibility index (Phi) is 4.09. The number of carbonyl (C=O) groups excluding carboxylic acids is 1. The third kappa shape index (κ3) is 2.89. The first-order valence-corrected chi connectivity index (χ1v) is 6.30. The summed E-state index contributed by atoms with van der Waals surface area (Å²) in [5.74, 6) is -2.87. The van der Waals surface area contributed by atoms with Gasteiger partial charge in [-0.3, -0.25) is 4.79 Å². The highest BCUT2D eigenvalue weighted by atomic mass is 19.2. The Balaban J connectivity index is 2.25. The maximum absolute atomic E-state index is 13.6. The molecule has 6 heteroatoms. The molecular formula is C13H17F2N3O. The van der Waals surface area contributed by atoms with Gasteiger partial charge < -0.3 is 9.80 Å². The van der Waals surface area contributed by atoms with Crippen molar-refractivity contribution in [2.45, 2.75) is 19.4 Å². The van der Waals surface area contributed by atoms with Gasteiger partial charge in [0.1, 0.15) is 0 Å². The normalized spacial score (nSPS) is 21.3. The maximum atomic E-state index is 13.6. The van der Waals surface area contributed by atoms with Crippen LogP contribution in [0.4, 0.5) is 8.78 Å². The van der Waals surface area contributed by atoms with Gasteiger partial charge in [0.2, 0.25) is 5.95 Å². The summed E-state index contributed by atoms with van der Waals surface area (Å²) in [5.41, 5.74) is -0.246. The number of rotatable bonds is 1. The number of likely N-dealkylation sites (N-methyl/N-ethyl adjacent to an activating group) is 1. The molecule has 0 aromatic carbocycles. The van der Waals surface area contributed by atoms with E-state index in [2.05, 4.69) is 9.88 Å². The number of amides is 1. The van der Waals surface area contributed by atoms with Gasteiger partial charge in [-0.15, -0.1) is 0 Å². The van der Waals surface area contributed by atoms with Gasteiger partial charge in [0, 0.05) is 25.3 Å². The molecule has 1 saturated heterocycles. The van der Waals surface area contributed by atoms with Crippen LogP contribution in [0, 0.1) is 11.8 Å². The zero-order valence-corrected chi connectivity index (χ0v) is 11.1. The van der Waals surface area contributed by atoms with Crippen LogP contribution in [0.1, 0.15) is 23.7 Å². The molecule has 4 nitrogen and oxygen atoms in total. The lowest BCUT2D eigenvalue weighted by Gasteiger charge is -2.28. The van der Waals surface area contributed by atoms with Crippen LogP contribution in [-0.2, 0) is 0 Å². The Morgan fingerprint density at radius 3 is 2.89 bits per heavy atom. The van der Waals surface area contributed by atoms with Gasteiger partial charge in [0.25, 0.3) is 5.91 Å². The van der Waals surface area contributed by atoms with Crippen LogP contribution in [0.3, 0.4) is 0 Å². The highest BCUT2D eigenvalue weighted by Gasteiger charge is 2.27. The Morgan fingerprint density at radius 2 is 2.16 bits per heavy atom. The summed E-state index contributed by atoms with van der Waals surface area (Å²) in [4.78, 5) is 19.2. The second-order valence-electron chi connectivity index (χ2n) is 4.93. The van der Waals surface area contributed by atoms with E-state index in [0.717, 1.165) is 25.7 Å². The number of aromatic nitrogens is 1. The predicted octanol–water partition coefficient (Wildman–Crippen LogP) is 1.53. The van der Waals surface area contributed by atoms with Gasteiger partial charge in [-0.1, -0.05) is 0 Å². The van der Waals surface area contributed by atoms with Crippen LogP contribution < -0.4 is 0 Å². The van der Waals surface area contributed by atoms with Crippen molar-refractivity contribution in [1.82, 2.24) is 14.8 Å². The number of carbonyl (C=O) groups is 1. The average molecular weight is 269 g/mol. The lowest BCUT2D eigenvalue weighted by atomic mass is 10.2. The largest absolute Gasteiger partial charge is 0.335 e. The molecule has 1 aliphatic heterocycles. The smallest absolute Gasteiger partial charge is 0.257 e. The summed E-state index contributed by atoms with van der Waals surface area (Å²) < 4.78 is 26.7. The van der Waals surface area contributed by atoms with Crippen molar-refractivity contribution in [2.24, 2.45) is 0 Å². The zero-order valence-electron chi connectivity index (χ0n) is 11.1. The minimum Gasteiger partial charge on any atom is -0.335 e. The quantitative estimate of drug-likeness (QED) is 0.725. The SMILES string of the molecule is CC1CN(C)CCCN1C(=O)c1ccnc(F)c1F. The molecule has 0 aliphatic carbocycles. The van der Waals surface area contributed by atoms with Crippen molar-refractivity contribution in [1.29, 1.82) is 0 Å². The third-order valence-electron chi connectivity index (χ3n) is 3.38. The average Bonchev–Trinajstić information content (AvgIpc) is 2.53. The van der Waals surface area contributed by atoms with E-state index in [1.165, 1.54) is 6.07 Å². The van der Waals surface area contributed by atoms with E-state index in [1.54, 1.807) is 4.90 Å². The molecule has 0 bridgehead atoms. The van der Waals surface area contributed by atoms with Gasteiger partial charge in [0.15, 0.2) is 5.82 Å². The lowest BCUT2D eigenvalue weighted by Crippen LogP contribution is -2.42. The van der Waals surface area contributed by atoms with Gasteiger partial charge >= 0.3 is 0 Å². The fourth-order valence-corrected chi connectivity index (χ4v) is 2.41. The van der Waals surface area contributed by atoms with Crippen LogP contribution in [0.2, 0.25) is 0 Å². The van der Waals surface area contributed by atoms with E-state index in [0.29, 0.717) is 6.54 Å². The van der Waals surface area contributed by atoms with Crippen LogP contribution in [0.25, 0.3) is 0 Å². The van der Waals surface area contributed by atoms with E-state index in [-0.39, 0.29) is 11.6 Å².